The molecule has 98 valence electrons. The minimum Gasteiger partial charge on any atom is -0.387 e. The van der Waals surface area contributed by atoms with Crippen molar-refractivity contribution < 1.29 is 35.8 Å². The summed E-state index contributed by atoms with van der Waals surface area (Å²) in [5, 5.41) is 8.68. The highest BCUT2D eigenvalue weighted by Crippen LogP contribution is 2.48. The third kappa shape index (κ3) is 2.78. The van der Waals surface area contributed by atoms with Crippen molar-refractivity contribution in [2.45, 2.75) is 50.3 Å². The summed E-state index contributed by atoms with van der Waals surface area (Å²) >= 11 is 0. The molecule has 0 aromatic heterocycles. The standard InChI is InChI=1S/C8H11F7O/c1-2-3-4-5(16)6(9,10)7(11,12)8(13,14)15/h5,16H,2-4H2,1H3. The van der Waals surface area contributed by atoms with Crippen molar-refractivity contribution >= 4 is 0 Å². The summed E-state index contributed by atoms with van der Waals surface area (Å²) in [4.78, 5) is 0. The zero-order chi connectivity index (χ0) is 13.2. The van der Waals surface area contributed by atoms with Gasteiger partial charge in [-0.2, -0.15) is 30.7 Å². The molecule has 0 fully saturated rings. The highest BCUT2D eigenvalue weighted by Gasteiger charge is 2.75. The van der Waals surface area contributed by atoms with Crippen molar-refractivity contribution in [2.24, 2.45) is 0 Å². The van der Waals surface area contributed by atoms with Gasteiger partial charge in [-0.1, -0.05) is 19.8 Å². The molecule has 1 nitrogen and oxygen atoms in total. The van der Waals surface area contributed by atoms with E-state index in [1.54, 1.807) is 0 Å². The molecule has 0 aromatic carbocycles. The van der Waals surface area contributed by atoms with Crippen molar-refractivity contribution in [3.63, 3.8) is 0 Å². The van der Waals surface area contributed by atoms with Gasteiger partial charge in [0.05, 0.1) is 0 Å². The fraction of sp³-hybridized carbons (Fsp3) is 1.00. The molecule has 1 N–H and O–H groups in total. The predicted molar refractivity (Wildman–Crippen MR) is 41.5 cm³/mol. The first kappa shape index (κ1) is 15.5. The summed E-state index contributed by atoms with van der Waals surface area (Å²) < 4.78 is 85.1. The van der Waals surface area contributed by atoms with Crippen LogP contribution in [-0.2, 0) is 0 Å². The first-order chi connectivity index (χ1) is 6.98. The third-order valence-electron chi connectivity index (χ3n) is 2.02. The molecule has 8 heteroatoms. The Morgan fingerprint density at radius 1 is 1.00 bits per heavy atom. The Kier molecular flexibility index (Phi) is 4.61. The first-order valence-electron chi connectivity index (χ1n) is 4.49. The van der Waals surface area contributed by atoms with Crippen molar-refractivity contribution in [2.75, 3.05) is 0 Å². The second-order valence-corrected chi connectivity index (χ2v) is 3.35. The number of halogens is 7. The summed E-state index contributed by atoms with van der Waals surface area (Å²) in [7, 11) is 0. The molecule has 0 aromatic rings. The van der Waals surface area contributed by atoms with E-state index in [0.717, 1.165) is 0 Å². The number of hydrogen-bond acceptors (Lipinski definition) is 1. The van der Waals surface area contributed by atoms with Crippen LogP contribution in [0.2, 0.25) is 0 Å². The average Bonchev–Trinajstić information content (AvgIpc) is 2.11. The van der Waals surface area contributed by atoms with Gasteiger partial charge in [0.1, 0.15) is 6.10 Å². The van der Waals surface area contributed by atoms with Crippen LogP contribution in [0.15, 0.2) is 0 Å². The number of rotatable bonds is 5. The van der Waals surface area contributed by atoms with Crippen LogP contribution in [0.5, 0.6) is 0 Å². The van der Waals surface area contributed by atoms with Crippen LogP contribution in [0, 0.1) is 0 Å². The normalized spacial score (nSPS) is 16.3. The molecule has 16 heavy (non-hydrogen) atoms. The summed E-state index contributed by atoms with van der Waals surface area (Å²) in [6.45, 7) is 1.52. The Balaban J connectivity index is 4.89. The average molecular weight is 256 g/mol. The molecule has 0 radical (unpaired) electrons. The van der Waals surface area contributed by atoms with E-state index < -0.39 is 30.5 Å². The van der Waals surface area contributed by atoms with Gasteiger partial charge in [-0.15, -0.1) is 0 Å². The molecule has 0 amide bonds. The van der Waals surface area contributed by atoms with E-state index in [1.807, 2.05) is 0 Å². The van der Waals surface area contributed by atoms with Crippen LogP contribution < -0.4 is 0 Å². The Bertz CT molecular complexity index is 223. The molecule has 0 bridgehead atoms. The Labute approximate surface area is 87.2 Å². The van der Waals surface area contributed by atoms with E-state index in [2.05, 4.69) is 0 Å². The largest absolute Gasteiger partial charge is 0.459 e. The fourth-order valence-electron chi connectivity index (χ4n) is 0.977. The fourth-order valence-corrected chi connectivity index (χ4v) is 0.977. The van der Waals surface area contributed by atoms with Crippen LogP contribution in [0.4, 0.5) is 30.7 Å². The molecule has 1 atom stereocenters. The van der Waals surface area contributed by atoms with Gasteiger partial charge in [-0.3, -0.25) is 0 Å². The molecule has 0 aliphatic rings. The quantitative estimate of drug-likeness (QED) is 0.748. The van der Waals surface area contributed by atoms with Crippen LogP contribution >= 0.6 is 0 Å². The predicted octanol–water partition coefficient (Wildman–Crippen LogP) is 3.37. The molecule has 0 aliphatic heterocycles. The SMILES string of the molecule is CCCCC(O)C(F)(F)C(F)(F)C(F)(F)F. The van der Waals surface area contributed by atoms with Gasteiger partial charge in [-0.05, 0) is 6.42 Å². The van der Waals surface area contributed by atoms with Gasteiger partial charge in [0.2, 0.25) is 0 Å². The lowest BCUT2D eigenvalue weighted by Gasteiger charge is -2.31. The van der Waals surface area contributed by atoms with Gasteiger partial charge in [0, 0.05) is 0 Å². The number of hydrogen-bond donors (Lipinski definition) is 1. The van der Waals surface area contributed by atoms with Gasteiger partial charge in [0.15, 0.2) is 0 Å². The monoisotopic (exact) mass is 256 g/mol. The van der Waals surface area contributed by atoms with E-state index in [9.17, 15) is 30.7 Å². The zero-order valence-corrected chi connectivity index (χ0v) is 8.29. The van der Waals surface area contributed by atoms with Gasteiger partial charge in [0.25, 0.3) is 0 Å². The van der Waals surface area contributed by atoms with Gasteiger partial charge >= 0.3 is 18.0 Å². The number of unbranched alkanes of at least 4 members (excludes halogenated alkanes) is 1. The Hall–Kier alpha value is -0.530. The van der Waals surface area contributed by atoms with Crippen LogP contribution in [0.1, 0.15) is 26.2 Å². The summed E-state index contributed by atoms with van der Waals surface area (Å²) in [5.41, 5.74) is 0. The van der Waals surface area contributed by atoms with E-state index >= 15 is 0 Å². The van der Waals surface area contributed by atoms with Crippen LogP contribution in [0.25, 0.3) is 0 Å². The number of alkyl halides is 7. The highest BCUT2D eigenvalue weighted by molar-refractivity contribution is 4.95. The van der Waals surface area contributed by atoms with E-state index in [1.165, 1.54) is 6.92 Å². The van der Waals surface area contributed by atoms with Crippen molar-refractivity contribution in [1.29, 1.82) is 0 Å². The van der Waals surface area contributed by atoms with Crippen LogP contribution in [0.3, 0.4) is 0 Å². The second-order valence-electron chi connectivity index (χ2n) is 3.35. The second kappa shape index (κ2) is 4.77. The van der Waals surface area contributed by atoms with E-state index in [-0.39, 0.29) is 6.42 Å². The highest BCUT2D eigenvalue weighted by atomic mass is 19.4. The molecule has 0 rings (SSSR count). The minimum atomic E-state index is -6.39. The lowest BCUT2D eigenvalue weighted by molar-refractivity contribution is -0.371. The van der Waals surface area contributed by atoms with E-state index in [0.29, 0.717) is 6.42 Å². The smallest absolute Gasteiger partial charge is 0.387 e. The molecule has 0 saturated heterocycles. The topological polar surface area (TPSA) is 20.2 Å². The first-order valence-corrected chi connectivity index (χ1v) is 4.49. The lowest BCUT2D eigenvalue weighted by Crippen LogP contribution is -2.57. The maximum absolute atomic E-state index is 12.7. The molecule has 0 spiro atoms. The maximum atomic E-state index is 12.7. The number of aliphatic hydroxyl groups is 1. The molecular weight excluding hydrogens is 245 g/mol. The molecule has 0 saturated carbocycles. The zero-order valence-electron chi connectivity index (χ0n) is 8.29. The minimum absolute atomic E-state index is 0.0648. The van der Waals surface area contributed by atoms with Crippen LogP contribution in [-0.4, -0.2) is 29.2 Å². The Morgan fingerprint density at radius 3 is 1.75 bits per heavy atom. The lowest BCUT2D eigenvalue weighted by atomic mass is 10.0. The molecule has 1 unspecified atom stereocenters. The molecule has 0 heterocycles. The van der Waals surface area contributed by atoms with Crippen molar-refractivity contribution in [3.05, 3.63) is 0 Å². The summed E-state index contributed by atoms with van der Waals surface area (Å²) in [5.74, 6) is -11.7. The van der Waals surface area contributed by atoms with Crippen molar-refractivity contribution in [3.8, 4) is 0 Å². The third-order valence-corrected chi connectivity index (χ3v) is 2.02. The Morgan fingerprint density at radius 2 is 1.44 bits per heavy atom. The summed E-state index contributed by atoms with van der Waals surface area (Å²) in [6, 6.07) is 0. The molecular formula is C8H11F7O. The van der Waals surface area contributed by atoms with Gasteiger partial charge in [-0.25, -0.2) is 0 Å². The number of aliphatic hydroxyl groups excluding tert-OH is 1. The summed E-state index contributed by atoms with van der Waals surface area (Å²) in [6.07, 6.45) is -9.97. The molecule has 0 aliphatic carbocycles. The van der Waals surface area contributed by atoms with Crippen molar-refractivity contribution in [1.82, 2.24) is 0 Å². The maximum Gasteiger partial charge on any atom is 0.459 e. The van der Waals surface area contributed by atoms with E-state index in [4.69, 9.17) is 5.11 Å². The van der Waals surface area contributed by atoms with Gasteiger partial charge < -0.3 is 5.11 Å².